The molecule has 2 aromatic rings. The fourth-order valence-corrected chi connectivity index (χ4v) is 4.80. The number of hydrogen-bond acceptors (Lipinski definition) is 6. The van der Waals surface area contributed by atoms with E-state index in [4.69, 9.17) is 9.47 Å². The second-order valence-corrected chi connectivity index (χ2v) is 8.69. The van der Waals surface area contributed by atoms with Crippen molar-refractivity contribution in [3.8, 4) is 22.6 Å². The topological polar surface area (TPSA) is 49.0 Å². The van der Waals surface area contributed by atoms with Crippen LogP contribution in [-0.4, -0.2) is 88.5 Å². The van der Waals surface area contributed by atoms with Gasteiger partial charge in [0.05, 0.1) is 0 Å². The third kappa shape index (κ3) is 5.21. The SMILES string of the molecule is c1cc2c(cc1OCCN1CCNCC1)Cc1cc(OCCN3CCNCC3)ccc1-2. The minimum atomic E-state index is 0.747. The van der Waals surface area contributed by atoms with Gasteiger partial charge in [0.1, 0.15) is 24.7 Å². The molecule has 0 spiro atoms. The van der Waals surface area contributed by atoms with Crippen molar-refractivity contribution in [2.24, 2.45) is 0 Å². The van der Waals surface area contributed by atoms with Gasteiger partial charge in [-0.1, -0.05) is 12.1 Å². The zero-order chi connectivity index (χ0) is 20.9. The Kier molecular flexibility index (Phi) is 6.70. The molecule has 0 bridgehead atoms. The summed E-state index contributed by atoms with van der Waals surface area (Å²) in [4.78, 5) is 4.92. The molecule has 0 amide bonds. The summed E-state index contributed by atoms with van der Waals surface area (Å²) < 4.78 is 12.1. The molecule has 2 fully saturated rings. The van der Waals surface area contributed by atoms with E-state index in [-0.39, 0.29) is 0 Å². The van der Waals surface area contributed by atoms with Gasteiger partial charge in [-0.25, -0.2) is 0 Å². The molecule has 2 saturated heterocycles. The number of hydrogen-bond donors (Lipinski definition) is 2. The molecule has 166 valence electrons. The quantitative estimate of drug-likeness (QED) is 0.578. The molecule has 0 atom stereocenters. The van der Waals surface area contributed by atoms with Gasteiger partial charge < -0.3 is 20.1 Å². The highest BCUT2D eigenvalue weighted by Crippen LogP contribution is 2.39. The van der Waals surface area contributed by atoms with E-state index in [2.05, 4.69) is 56.8 Å². The molecule has 0 unspecified atom stereocenters. The van der Waals surface area contributed by atoms with Gasteiger partial charge in [0.15, 0.2) is 0 Å². The normalized spacial score (nSPS) is 19.1. The van der Waals surface area contributed by atoms with E-state index in [0.29, 0.717) is 0 Å². The first kappa shape index (κ1) is 20.8. The van der Waals surface area contributed by atoms with Crippen molar-refractivity contribution in [2.45, 2.75) is 6.42 Å². The van der Waals surface area contributed by atoms with Gasteiger partial charge in [-0.3, -0.25) is 9.80 Å². The number of nitrogens with zero attached hydrogens (tertiary/aromatic N) is 2. The first-order valence-corrected chi connectivity index (χ1v) is 11.7. The van der Waals surface area contributed by atoms with Crippen LogP contribution in [0.4, 0.5) is 0 Å². The Morgan fingerprint density at radius 2 is 1.10 bits per heavy atom. The van der Waals surface area contributed by atoms with Crippen LogP contribution in [0.3, 0.4) is 0 Å². The fraction of sp³-hybridized carbons (Fsp3) is 0.520. The Morgan fingerprint density at radius 1 is 0.645 bits per heavy atom. The Bertz CT molecular complexity index is 804. The summed E-state index contributed by atoms with van der Waals surface area (Å²) in [5.41, 5.74) is 5.37. The van der Waals surface area contributed by atoms with Crippen LogP contribution < -0.4 is 20.1 Å². The summed E-state index contributed by atoms with van der Waals surface area (Å²) in [5, 5.41) is 6.79. The van der Waals surface area contributed by atoms with Crippen molar-refractivity contribution in [1.29, 1.82) is 0 Å². The second kappa shape index (κ2) is 10.0. The first-order chi connectivity index (χ1) is 15.3. The standard InChI is InChI=1S/C25H34N4O2/c1-3-24-20(18-22(1)30-15-13-28-9-5-26-6-10-28)17-21-19-23(2-4-25(21)24)31-16-14-29-11-7-27-8-12-29/h1-4,18-19,26-27H,5-17H2. The number of benzene rings is 2. The van der Waals surface area contributed by atoms with E-state index in [9.17, 15) is 0 Å². The van der Waals surface area contributed by atoms with Gasteiger partial charge >= 0.3 is 0 Å². The summed E-state index contributed by atoms with van der Waals surface area (Å²) >= 11 is 0. The predicted octanol–water partition coefficient (Wildman–Crippen LogP) is 1.83. The molecule has 2 aliphatic heterocycles. The first-order valence-electron chi connectivity index (χ1n) is 11.7. The third-order valence-corrected chi connectivity index (χ3v) is 6.60. The molecule has 0 saturated carbocycles. The minimum Gasteiger partial charge on any atom is -0.492 e. The van der Waals surface area contributed by atoms with Gasteiger partial charge in [-0.05, 0) is 52.9 Å². The maximum Gasteiger partial charge on any atom is 0.119 e. The van der Waals surface area contributed by atoms with Crippen molar-refractivity contribution < 1.29 is 9.47 Å². The molecule has 0 radical (unpaired) electrons. The molecule has 3 aliphatic rings. The van der Waals surface area contributed by atoms with Crippen molar-refractivity contribution in [2.75, 3.05) is 78.7 Å². The van der Waals surface area contributed by atoms with Crippen LogP contribution in [0.2, 0.25) is 0 Å². The highest BCUT2D eigenvalue weighted by molar-refractivity contribution is 5.78. The third-order valence-electron chi connectivity index (χ3n) is 6.60. The molecular formula is C25H34N4O2. The summed E-state index contributed by atoms with van der Waals surface area (Å²) in [6.07, 6.45) is 0.953. The predicted molar refractivity (Wildman–Crippen MR) is 124 cm³/mol. The van der Waals surface area contributed by atoms with Gasteiger partial charge in [0, 0.05) is 65.4 Å². The van der Waals surface area contributed by atoms with E-state index in [1.54, 1.807) is 0 Å². The van der Waals surface area contributed by atoms with Crippen molar-refractivity contribution in [3.63, 3.8) is 0 Å². The Hall–Kier alpha value is -2.12. The minimum absolute atomic E-state index is 0.747. The number of fused-ring (bicyclic) bond motifs is 3. The fourth-order valence-electron chi connectivity index (χ4n) is 4.80. The summed E-state index contributed by atoms with van der Waals surface area (Å²) in [7, 11) is 0. The van der Waals surface area contributed by atoms with Crippen LogP contribution in [0.1, 0.15) is 11.1 Å². The number of ether oxygens (including phenoxy) is 2. The van der Waals surface area contributed by atoms with Crippen LogP contribution in [0.15, 0.2) is 36.4 Å². The Balaban J connectivity index is 1.14. The second-order valence-electron chi connectivity index (χ2n) is 8.69. The lowest BCUT2D eigenvalue weighted by molar-refractivity contribution is 0.191. The van der Waals surface area contributed by atoms with E-state index in [0.717, 1.165) is 96.6 Å². The Morgan fingerprint density at radius 3 is 1.55 bits per heavy atom. The van der Waals surface area contributed by atoms with Gasteiger partial charge in [-0.15, -0.1) is 0 Å². The maximum absolute atomic E-state index is 6.07. The zero-order valence-corrected chi connectivity index (χ0v) is 18.4. The van der Waals surface area contributed by atoms with Crippen molar-refractivity contribution in [1.82, 2.24) is 20.4 Å². The van der Waals surface area contributed by atoms with Crippen LogP contribution in [0.25, 0.3) is 11.1 Å². The van der Waals surface area contributed by atoms with E-state index < -0.39 is 0 Å². The van der Waals surface area contributed by atoms with Crippen LogP contribution >= 0.6 is 0 Å². The van der Waals surface area contributed by atoms with E-state index in [1.165, 1.54) is 22.3 Å². The largest absolute Gasteiger partial charge is 0.492 e. The van der Waals surface area contributed by atoms with Crippen LogP contribution in [-0.2, 0) is 6.42 Å². The summed E-state index contributed by atoms with van der Waals surface area (Å²) in [5.74, 6) is 1.96. The highest BCUT2D eigenvalue weighted by Gasteiger charge is 2.20. The molecule has 5 rings (SSSR count). The van der Waals surface area contributed by atoms with Crippen molar-refractivity contribution >= 4 is 0 Å². The molecule has 2 N–H and O–H groups in total. The molecule has 31 heavy (non-hydrogen) atoms. The van der Waals surface area contributed by atoms with Crippen molar-refractivity contribution in [3.05, 3.63) is 47.5 Å². The lowest BCUT2D eigenvalue weighted by atomic mass is 10.1. The van der Waals surface area contributed by atoms with Gasteiger partial charge in [0.25, 0.3) is 0 Å². The number of nitrogens with one attached hydrogen (secondary N) is 2. The Labute approximate surface area is 185 Å². The molecular weight excluding hydrogens is 388 g/mol. The van der Waals surface area contributed by atoms with Crippen LogP contribution in [0.5, 0.6) is 11.5 Å². The summed E-state index contributed by atoms with van der Waals surface area (Å²) in [6.45, 7) is 12.3. The number of piperazine rings is 2. The average molecular weight is 423 g/mol. The maximum atomic E-state index is 6.07. The molecule has 2 aromatic carbocycles. The molecule has 6 nitrogen and oxygen atoms in total. The highest BCUT2D eigenvalue weighted by atomic mass is 16.5. The average Bonchev–Trinajstić information content (AvgIpc) is 3.17. The van der Waals surface area contributed by atoms with Gasteiger partial charge in [-0.2, -0.15) is 0 Å². The van der Waals surface area contributed by atoms with E-state index >= 15 is 0 Å². The monoisotopic (exact) mass is 422 g/mol. The smallest absolute Gasteiger partial charge is 0.119 e. The molecule has 2 heterocycles. The molecule has 6 heteroatoms. The van der Waals surface area contributed by atoms with Gasteiger partial charge in [0.2, 0.25) is 0 Å². The number of rotatable bonds is 8. The molecule has 0 aromatic heterocycles. The lowest BCUT2D eigenvalue weighted by Gasteiger charge is -2.26. The zero-order valence-electron chi connectivity index (χ0n) is 18.4. The summed E-state index contributed by atoms with van der Waals surface area (Å²) in [6, 6.07) is 13.1. The van der Waals surface area contributed by atoms with E-state index in [1.807, 2.05) is 0 Å². The molecule has 1 aliphatic carbocycles. The lowest BCUT2D eigenvalue weighted by Crippen LogP contribution is -2.44. The van der Waals surface area contributed by atoms with Crippen LogP contribution in [0, 0.1) is 0 Å².